The molecular weight excluding hydrogens is 236 g/mol. The summed E-state index contributed by atoms with van der Waals surface area (Å²) in [4.78, 5) is 2.48. The number of ether oxygens (including phenoxy) is 1. The van der Waals surface area contributed by atoms with E-state index in [1.807, 2.05) is 30.3 Å². The fourth-order valence-corrected chi connectivity index (χ4v) is 2.73. The first-order valence-corrected chi connectivity index (χ1v) is 6.91. The van der Waals surface area contributed by atoms with E-state index in [2.05, 4.69) is 34.7 Å². The molecule has 3 rings (SSSR count). The lowest BCUT2D eigenvalue weighted by molar-refractivity contribution is 0.139. The quantitative estimate of drug-likeness (QED) is 0.837. The van der Waals surface area contributed by atoms with Gasteiger partial charge in [-0.25, -0.2) is 0 Å². The average Bonchev–Trinajstić information content (AvgIpc) is 2.92. The van der Waals surface area contributed by atoms with Crippen LogP contribution in [-0.2, 0) is 6.54 Å². The standard InChI is InChI=1S/C16H20N2O/c1-14-16-8-5-9-18(16)11-10-17(14)12-13-19-15-6-3-2-4-7-15/h2-9,14H,10-13H2,1H3/t14-/m1/s1. The molecule has 0 bridgehead atoms. The molecule has 0 unspecified atom stereocenters. The lowest BCUT2D eigenvalue weighted by Crippen LogP contribution is -2.38. The van der Waals surface area contributed by atoms with Crippen LogP contribution in [0.1, 0.15) is 18.7 Å². The number of hydrogen-bond acceptors (Lipinski definition) is 2. The SMILES string of the molecule is C[C@@H]1c2cccn2CCN1CCOc1ccccc1. The van der Waals surface area contributed by atoms with Gasteiger partial charge in [-0.15, -0.1) is 0 Å². The highest BCUT2D eigenvalue weighted by Gasteiger charge is 2.22. The van der Waals surface area contributed by atoms with Crippen LogP contribution < -0.4 is 4.74 Å². The molecule has 1 atom stereocenters. The highest BCUT2D eigenvalue weighted by Crippen LogP contribution is 2.24. The maximum absolute atomic E-state index is 5.78. The monoisotopic (exact) mass is 256 g/mol. The molecular formula is C16H20N2O. The van der Waals surface area contributed by atoms with Gasteiger partial charge < -0.3 is 9.30 Å². The van der Waals surface area contributed by atoms with E-state index in [1.165, 1.54) is 5.69 Å². The third-order valence-corrected chi connectivity index (χ3v) is 3.86. The normalized spacial score (nSPS) is 19.1. The summed E-state index contributed by atoms with van der Waals surface area (Å²) in [5.41, 5.74) is 1.41. The lowest BCUT2D eigenvalue weighted by Gasteiger charge is -2.34. The molecule has 0 aliphatic carbocycles. The summed E-state index contributed by atoms with van der Waals surface area (Å²) in [6, 6.07) is 14.9. The zero-order valence-corrected chi connectivity index (χ0v) is 11.3. The zero-order valence-electron chi connectivity index (χ0n) is 11.3. The van der Waals surface area contributed by atoms with Gasteiger partial charge in [0.25, 0.3) is 0 Å². The smallest absolute Gasteiger partial charge is 0.119 e. The molecule has 0 spiro atoms. The molecule has 1 aliphatic rings. The van der Waals surface area contributed by atoms with Crippen LogP contribution in [0.25, 0.3) is 0 Å². The average molecular weight is 256 g/mol. The Kier molecular flexibility index (Phi) is 3.56. The maximum Gasteiger partial charge on any atom is 0.119 e. The summed E-state index contributed by atoms with van der Waals surface area (Å²) in [6.45, 7) is 6.17. The number of aromatic nitrogens is 1. The Labute approximate surface area is 114 Å². The minimum atomic E-state index is 0.475. The Morgan fingerprint density at radius 3 is 2.79 bits per heavy atom. The van der Waals surface area contributed by atoms with Crippen molar-refractivity contribution in [3.8, 4) is 5.75 Å². The van der Waals surface area contributed by atoms with Gasteiger partial charge in [-0.3, -0.25) is 4.90 Å². The third kappa shape index (κ3) is 2.66. The summed E-state index contributed by atoms with van der Waals surface area (Å²) in [6.07, 6.45) is 2.17. The minimum Gasteiger partial charge on any atom is -0.492 e. The Morgan fingerprint density at radius 1 is 1.11 bits per heavy atom. The summed E-state index contributed by atoms with van der Waals surface area (Å²) in [7, 11) is 0. The van der Waals surface area contributed by atoms with Gasteiger partial charge in [-0.1, -0.05) is 18.2 Å². The highest BCUT2D eigenvalue weighted by molar-refractivity contribution is 5.21. The Bertz CT molecular complexity index is 521. The molecule has 3 heteroatoms. The number of benzene rings is 1. The number of hydrogen-bond donors (Lipinski definition) is 0. The lowest BCUT2D eigenvalue weighted by atomic mass is 10.1. The number of rotatable bonds is 4. The first-order valence-electron chi connectivity index (χ1n) is 6.91. The van der Waals surface area contributed by atoms with Crippen molar-refractivity contribution in [1.29, 1.82) is 0 Å². The number of nitrogens with zero attached hydrogens (tertiary/aromatic N) is 2. The van der Waals surface area contributed by atoms with Gasteiger partial charge in [0.15, 0.2) is 0 Å². The molecule has 0 radical (unpaired) electrons. The van der Waals surface area contributed by atoms with Gasteiger partial charge in [0.05, 0.1) is 0 Å². The molecule has 1 aromatic heterocycles. The first-order chi connectivity index (χ1) is 9.34. The van der Waals surface area contributed by atoms with Crippen LogP contribution in [-0.4, -0.2) is 29.2 Å². The van der Waals surface area contributed by atoms with Crippen LogP contribution in [0.5, 0.6) is 5.75 Å². The third-order valence-electron chi connectivity index (χ3n) is 3.86. The Hall–Kier alpha value is -1.74. The van der Waals surface area contributed by atoms with Crippen LogP contribution in [0.4, 0.5) is 0 Å². The van der Waals surface area contributed by atoms with Gasteiger partial charge in [-0.2, -0.15) is 0 Å². The van der Waals surface area contributed by atoms with Crippen molar-refractivity contribution in [2.75, 3.05) is 19.7 Å². The molecule has 3 nitrogen and oxygen atoms in total. The van der Waals surface area contributed by atoms with Crippen molar-refractivity contribution in [2.24, 2.45) is 0 Å². The van der Waals surface area contributed by atoms with Crippen molar-refractivity contribution in [1.82, 2.24) is 9.47 Å². The molecule has 0 fully saturated rings. The number of fused-ring (bicyclic) bond motifs is 1. The van der Waals surface area contributed by atoms with Crippen LogP contribution in [0.3, 0.4) is 0 Å². The molecule has 0 saturated heterocycles. The molecule has 1 aliphatic heterocycles. The number of para-hydroxylation sites is 1. The van der Waals surface area contributed by atoms with E-state index >= 15 is 0 Å². The summed E-state index contributed by atoms with van der Waals surface area (Å²) in [5, 5.41) is 0. The van der Waals surface area contributed by atoms with E-state index in [9.17, 15) is 0 Å². The topological polar surface area (TPSA) is 17.4 Å². The Morgan fingerprint density at radius 2 is 1.95 bits per heavy atom. The van der Waals surface area contributed by atoms with Crippen molar-refractivity contribution in [2.45, 2.75) is 19.5 Å². The fraction of sp³-hybridized carbons (Fsp3) is 0.375. The second kappa shape index (κ2) is 5.49. The first kappa shape index (κ1) is 12.3. The molecule has 2 aromatic rings. The van der Waals surface area contributed by atoms with Gasteiger partial charge in [0.1, 0.15) is 12.4 Å². The maximum atomic E-state index is 5.78. The fourth-order valence-electron chi connectivity index (χ4n) is 2.73. The van der Waals surface area contributed by atoms with Gasteiger partial charge in [0.2, 0.25) is 0 Å². The summed E-state index contributed by atoms with van der Waals surface area (Å²) < 4.78 is 8.12. The van der Waals surface area contributed by atoms with Crippen molar-refractivity contribution >= 4 is 0 Å². The Balaban J connectivity index is 1.54. The molecule has 0 N–H and O–H groups in total. The van der Waals surface area contributed by atoms with Crippen LogP contribution in [0, 0.1) is 0 Å². The van der Waals surface area contributed by atoms with Crippen molar-refractivity contribution in [3.05, 3.63) is 54.4 Å². The van der Waals surface area contributed by atoms with E-state index < -0.39 is 0 Å². The van der Waals surface area contributed by atoms with Crippen molar-refractivity contribution in [3.63, 3.8) is 0 Å². The van der Waals surface area contributed by atoms with Gasteiger partial charge in [0, 0.05) is 37.6 Å². The molecule has 100 valence electrons. The van der Waals surface area contributed by atoms with Crippen LogP contribution in [0.15, 0.2) is 48.7 Å². The van der Waals surface area contributed by atoms with Crippen LogP contribution >= 0.6 is 0 Å². The van der Waals surface area contributed by atoms with Gasteiger partial charge >= 0.3 is 0 Å². The molecule has 2 heterocycles. The predicted molar refractivity (Wildman–Crippen MR) is 76.4 cm³/mol. The minimum absolute atomic E-state index is 0.475. The predicted octanol–water partition coefficient (Wildman–Crippen LogP) is 2.94. The highest BCUT2D eigenvalue weighted by atomic mass is 16.5. The van der Waals surface area contributed by atoms with E-state index in [0.29, 0.717) is 6.04 Å². The molecule has 0 saturated carbocycles. The largest absolute Gasteiger partial charge is 0.492 e. The van der Waals surface area contributed by atoms with Gasteiger partial charge in [-0.05, 0) is 31.2 Å². The second-order valence-corrected chi connectivity index (χ2v) is 5.00. The van der Waals surface area contributed by atoms with E-state index in [0.717, 1.165) is 32.0 Å². The summed E-state index contributed by atoms with van der Waals surface area (Å²) in [5.74, 6) is 0.954. The van der Waals surface area contributed by atoms with E-state index in [1.54, 1.807) is 0 Å². The zero-order chi connectivity index (χ0) is 13.1. The summed E-state index contributed by atoms with van der Waals surface area (Å²) >= 11 is 0. The molecule has 19 heavy (non-hydrogen) atoms. The van der Waals surface area contributed by atoms with Crippen LogP contribution in [0.2, 0.25) is 0 Å². The second-order valence-electron chi connectivity index (χ2n) is 5.00. The van der Waals surface area contributed by atoms with E-state index in [-0.39, 0.29) is 0 Å². The molecule has 0 amide bonds. The van der Waals surface area contributed by atoms with E-state index in [4.69, 9.17) is 4.74 Å². The van der Waals surface area contributed by atoms with Crippen molar-refractivity contribution < 1.29 is 4.74 Å². The molecule has 1 aromatic carbocycles.